The normalized spacial score (nSPS) is 19.8. The Morgan fingerprint density at radius 1 is 1.39 bits per heavy atom. The molecule has 0 N–H and O–H groups in total. The van der Waals surface area contributed by atoms with Gasteiger partial charge in [0.15, 0.2) is 0 Å². The van der Waals surface area contributed by atoms with Crippen LogP contribution in [0.5, 0.6) is 0 Å². The Bertz CT molecular complexity index is 688. The molecule has 124 valence electrons. The first-order valence-corrected chi connectivity index (χ1v) is 8.27. The maximum atomic E-state index is 13.0. The summed E-state index contributed by atoms with van der Waals surface area (Å²) in [7, 11) is 1.93. The minimum absolute atomic E-state index is 0.153. The highest BCUT2D eigenvalue weighted by Crippen LogP contribution is 2.28. The van der Waals surface area contributed by atoms with Crippen LogP contribution < -0.4 is 0 Å². The average molecular weight is 315 g/mol. The summed E-state index contributed by atoms with van der Waals surface area (Å²) in [5, 5.41) is 8.78. The Hall–Kier alpha value is -2.11. The fourth-order valence-corrected chi connectivity index (χ4v) is 3.68. The second-order valence-electron chi connectivity index (χ2n) is 6.50. The Morgan fingerprint density at radius 2 is 2.17 bits per heavy atom. The van der Waals surface area contributed by atoms with Crippen molar-refractivity contribution < 1.29 is 4.79 Å². The lowest BCUT2D eigenvalue weighted by molar-refractivity contribution is -0.134. The molecular formula is C17H25N5O. The molecule has 1 saturated heterocycles. The fourth-order valence-electron chi connectivity index (χ4n) is 3.68. The minimum atomic E-state index is -0.153. The van der Waals surface area contributed by atoms with Gasteiger partial charge in [0.05, 0.1) is 17.7 Å². The van der Waals surface area contributed by atoms with E-state index in [9.17, 15) is 4.79 Å². The van der Waals surface area contributed by atoms with Crippen LogP contribution in [0.25, 0.3) is 0 Å². The standard InChI is InChI=1S/C17H25N5O/c1-12(16-13(2)19-20(4)14(16)3)17(23)21-9-5-7-15(11-21)22-10-6-8-18-22/h6,8,10,12,15H,5,7,9,11H2,1-4H3/t12-,15-/m0/s1. The zero-order valence-electron chi connectivity index (χ0n) is 14.4. The first kappa shape index (κ1) is 15.8. The van der Waals surface area contributed by atoms with Crippen LogP contribution in [0.2, 0.25) is 0 Å². The molecule has 0 spiro atoms. The molecule has 2 atom stereocenters. The van der Waals surface area contributed by atoms with E-state index in [1.807, 2.05) is 54.3 Å². The van der Waals surface area contributed by atoms with Gasteiger partial charge < -0.3 is 4.90 Å². The van der Waals surface area contributed by atoms with Crippen LogP contribution in [0.4, 0.5) is 0 Å². The molecular weight excluding hydrogens is 290 g/mol. The van der Waals surface area contributed by atoms with Gasteiger partial charge in [0, 0.05) is 43.8 Å². The van der Waals surface area contributed by atoms with Gasteiger partial charge in [-0.15, -0.1) is 0 Å². The van der Waals surface area contributed by atoms with E-state index in [0.717, 1.165) is 42.9 Å². The predicted molar refractivity (Wildman–Crippen MR) is 88.2 cm³/mol. The molecule has 0 saturated carbocycles. The maximum Gasteiger partial charge on any atom is 0.230 e. The van der Waals surface area contributed by atoms with E-state index >= 15 is 0 Å². The molecule has 0 bridgehead atoms. The molecule has 3 heterocycles. The highest BCUT2D eigenvalue weighted by atomic mass is 16.2. The van der Waals surface area contributed by atoms with E-state index in [4.69, 9.17) is 0 Å². The number of carbonyl (C=O) groups is 1. The SMILES string of the molecule is Cc1nn(C)c(C)c1[C@H](C)C(=O)N1CCC[C@H](n2cccn2)C1. The van der Waals surface area contributed by atoms with Gasteiger partial charge in [0.2, 0.25) is 5.91 Å². The smallest absolute Gasteiger partial charge is 0.230 e. The van der Waals surface area contributed by atoms with Crippen molar-refractivity contribution >= 4 is 5.91 Å². The second kappa shape index (κ2) is 6.18. The van der Waals surface area contributed by atoms with Crippen molar-refractivity contribution in [2.75, 3.05) is 13.1 Å². The number of aryl methyl sites for hydroxylation is 2. The summed E-state index contributed by atoms with van der Waals surface area (Å²) in [6.07, 6.45) is 5.88. The van der Waals surface area contributed by atoms with E-state index in [-0.39, 0.29) is 17.9 Å². The van der Waals surface area contributed by atoms with Crippen molar-refractivity contribution in [2.45, 2.75) is 45.6 Å². The number of carbonyl (C=O) groups excluding carboxylic acids is 1. The number of likely N-dealkylation sites (tertiary alicyclic amines) is 1. The monoisotopic (exact) mass is 315 g/mol. The van der Waals surface area contributed by atoms with Crippen molar-refractivity contribution in [1.82, 2.24) is 24.5 Å². The summed E-state index contributed by atoms with van der Waals surface area (Å²) in [5.74, 6) is 0.0427. The van der Waals surface area contributed by atoms with E-state index in [1.54, 1.807) is 6.20 Å². The quantitative estimate of drug-likeness (QED) is 0.872. The van der Waals surface area contributed by atoms with Gasteiger partial charge in [-0.1, -0.05) is 0 Å². The van der Waals surface area contributed by atoms with Crippen LogP contribution in [0.3, 0.4) is 0 Å². The molecule has 0 aliphatic carbocycles. The molecule has 6 nitrogen and oxygen atoms in total. The van der Waals surface area contributed by atoms with Crippen molar-refractivity contribution in [3.8, 4) is 0 Å². The molecule has 3 rings (SSSR count). The molecule has 1 aliphatic rings. The summed E-state index contributed by atoms with van der Waals surface area (Å²) in [4.78, 5) is 15.0. The van der Waals surface area contributed by atoms with Gasteiger partial charge in [-0.25, -0.2) is 0 Å². The van der Waals surface area contributed by atoms with Crippen molar-refractivity contribution in [3.05, 3.63) is 35.4 Å². The molecule has 0 radical (unpaired) electrons. The third-order valence-corrected chi connectivity index (χ3v) is 4.98. The molecule has 23 heavy (non-hydrogen) atoms. The van der Waals surface area contributed by atoms with Gasteiger partial charge >= 0.3 is 0 Å². The lowest BCUT2D eigenvalue weighted by Crippen LogP contribution is -2.42. The second-order valence-corrected chi connectivity index (χ2v) is 6.50. The molecule has 1 aliphatic heterocycles. The first-order chi connectivity index (χ1) is 11.0. The molecule has 0 unspecified atom stereocenters. The number of rotatable bonds is 3. The average Bonchev–Trinajstić information content (AvgIpc) is 3.16. The Labute approximate surface area is 137 Å². The largest absolute Gasteiger partial charge is 0.340 e. The van der Waals surface area contributed by atoms with Crippen LogP contribution >= 0.6 is 0 Å². The minimum Gasteiger partial charge on any atom is -0.340 e. The van der Waals surface area contributed by atoms with E-state index in [2.05, 4.69) is 10.2 Å². The molecule has 1 amide bonds. The van der Waals surface area contributed by atoms with Gasteiger partial charge in [0.1, 0.15) is 0 Å². The number of hydrogen-bond acceptors (Lipinski definition) is 3. The Balaban J connectivity index is 1.77. The van der Waals surface area contributed by atoms with Crippen LogP contribution in [0, 0.1) is 13.8 Å². The van der Waals surface area contributed by atoms with Crippen LogP contribution in [-0.4, -0.2) is 43.5 Å². The van der Waals surface area contributed by atoms with Gasteiger partial charge in [-0.3, -0.25) is 14.2 Å². The highest BCUT2D eigenvalue weighted by molar-refractivity contribution is 5.84. The summed E-state index contributed by atoms with van der Waals surface area (Å²) in [6, 6.07) is 2.22. The van der Waals surface area contributed by atoms with Gasteiger partial charge in [-0.2, -0.15) is 10.2 Å². The molecule has 2 aromatic heterocycles. The van der Waals surface area contributed by atoms with Crippen molar-refractivity contribution in [2.24, 2.45) is 7.05 Å². The fraction of sp³-hybridized carbons (Fsp3) is 0.588. The zero-order chi connectivity index (χ0) is 16.6. The van der Waals surface area contributed by atoms with Gasteiger partial charge in [0.25, 0.3) is 0 Å². The van der Waals surface area contributed by atoms with Crippen LogP contribution in [0.1, 0.15) is 48.7 Å². The third kappa shape index (κ3) is 2.90. The van der Waals surface area contributed by atoms with E-state index in [1.165, 1.54) is 0 Å². The van der Waals surface area contributed by atoms with Crippen LogP contribution in [-0.2, 0) is 11.8 Å². The molecule has 6 heteroatoms. The lowest BCUT2D eigenvalue weighted by atomic mass is 9.96. The van der Waals surface area contributed by atoms with Crippen molar-refractivity contribution in [3.63, 3.8) is 0 Å². The topological polar surface area (TPSA) is 56.0 Å². The molecule has 1 fully saturated rings. The first-order valence-electron chi connectivity index (χ1n) is 8.27. The summed E-state index contributed by atoms with van der Waals surface area (Å²) in [5.41, 5.74) is 3.09. The molecule has 2 aromatic rings. The maximum absolute atomic E-state index is 13.0. The summed E-state index contributed by atoms with van der Waals surface area (Å²) in [6.45, 7) is 7.58. The molecule has 0 aromatic carbocycles. The van der Waals surface area contributed by atoms with Gasteiger partial charge in [-0.05, 0) is 39.7 Å². The number of piperidine rings is 1. The van der Waals surface area contributed by atoms with E-state index < -0.39 is 0 Å². The number of hydrogen-bond donors (Lipinski definition) is 0. The van der Waals surface area contributed by atoms with Crippen molar-refractivity contribution in [1.29, 1.82) is 0 Å². The lowest BCUT2D eigenvalue weighted by Gasteiger charge is -2.34. The third-order valence-electron chi connectivity index (χ3n) is 4.98. The summed E-state index contributed by atoms with van der Waals surface area (Å²) < 4.78 is 3.84. The number of aromatic nitrogens is 4. The Morgan fingerprint density at radius 3 is 2.78 bits per heavy atom. The van der Waals surface area contributed by atoms with Crippen LogP contribution in [0.15, 0.2) is 18.5 Å². The Kier molecular flexibility index (Phi) is 4.24. The highest BCUT2D eigenvalue weighted by Gasteiger charge is 2.30. The van der Waals surface area contributed by atoms with E-state index in [0.29, 0.717) is 0 Å². The predicted octanol–water partition coefficient (Wildman–Crippen LogP) is 2.20. The number of nitrogens with zero attached hydrogens (tertiary/aromatic N) is 5. The summed E-state index contributed by atoms with van der Waals surface area (Å²) >= 11 is 0. The number of amides is 1. The zero-order valence-corrected chi connectivity index (χ0v) is 14.4.